The van der Waals surface area contributed by atoms with Crippen molar-refractivity contribution in [1.82, 2.24) is 0 Å². The van der Waals surface area contributed by atoms with Crippen LogP contribution in [-0.2, 0) is 26.7 Å². The van der Waals surface area contributed by atoms with Crippen LogP contribution in [0.3, 0.4) is 0 Å². The number of hydrogen-bond acceptors (Lipinski definition) is 8. The van der Waals surface area contributed by atoms with Crippen LogP contribution in [0.1, 0.15) is 12.8 Å². The Morgan fingerprint density at radius 2 is 1.21 bits per heavy atom. The summed E-state index contributed by atoms with van der Waals surface area (Å²) in [5.41, 5.74) is 10.3. The summed E-state index contributed by atoms with van der Waals surface area (Å²) in [6.45, 7) is 0. The van der Waals surface area contributed by atoms with Gasteiger partial charge in [0.15, 0.2) is 0 Å². The minimum absolute atomic E-state index is 0. The standard InChI is InChI=1S/2C5H11NO2S.Cu/c2*1-9-3-2-4(6)5(7)8;/h2*4H,2-3,6H2,1H3,(H,7,8);/q;;+2/p-2/t2*4-;/m11./s1. The zero-order valence-corrected chi connectivity index (χ0v) is 13.5. The molecule has 0 fully saturated rings. The van der Waals surface area contributed by atoms with Crippen LogP contribution in [0, 0.1) is 0 Å². The van der Waals surface area contributed by atoms with Crippen molar-refractivity contribution in [3.63, 3.8) is 0 Å². The number of hydrogen-bond donors (Lipinski definition) is 2. The van der Waals surface area contributed by atoms with E-state index in [0.717, 1.165) is 11.5 Å². The van der Waals surface area contributed by atoms with E-state index in [4.69, 9.17) is 11.5 Å². The molecule has 0 aromatic heterocycles. The third-order valence-electron chi connectivity index (χ3n) is 1.87. The molecule has 0 aromatic carbocycles. The first kappa shape index (κ1) is 24.1. The second-order valence-electron chi connectivity index (χ2n) is 3.41. The summed E-state index contributed by atoms with van der Waals surface area (Å²) in [5.74, 6) is -0.780. The molecule has 0 aliphatic carbocycles. The fourth-order valence-corrected chi connectivity index (χ4v) is 1.70. The molecule has 9 heteroatoms. The van der Waals surface area contributed by atoms with Gasteiger partial charge in [-0.3, -0.25) is 0 Å². The summed E-state index contributed by atoms with van der Waals surface area (Å²) in [4.78, 5) is 19.9. The number of rotatable bonds is 8. The van der Waals surface area contributed by atoms with E-state index in [9.17, 15) is 19.8 Å². The zero-order chi connectivity index (χ0) is 14.6. The predicted octanol–water partition coefficient (Wildman–Crippen LogP) is -2.37. The molecule has 0 bridgehead atoms. The van der Waals surface area contributed by atoms with Gasteiger partial charge in [0, 0.05) is 12.1 Å². The minimum atomic E-state index is -1.16. The van der Waals surface area contributed by atoms with Gasteiger partial charge in [-0.05, 0) is 36.9 Å². The molecular weight excluding hydrogens is 340 g/mol. The molecule has 1 radical (unpaired) electrons. The number of carbonyl (C=O) groups is 2. The molecule has 19 heavy (non-hydrogen) atoms. The van der Waals surface area contributed by atoms with Crippen LogP contribution in [0.4, 0.5) is 0 Å². The molecule has 0 rings (SSSR count). The number of carboxylic acid groups (broad SMARTS) is 2. The van der Waals surface area contributed by atoms with Crippen LogP contribution in [0.25, 0.3) is 0 Å². The van der Waals surface area contributed by atoms with E-state index in [2.05, 4.69) is 0 Å². The summed E-state index contributed by atoms with van der Waals surface area (Å²) >= 11 is 3.15. The Bertz CT molecular complexity index is 224. The topological polar surface area (TPSA) is 132 Å². The molecule has 0 aliphatic heterocycles. The molecular formula is C10H20CuN2O4S2. The first-order chi connectivity index (χ1) is 8.36. The Kier molecular flexibility index (Phi) is 20.5. The van der Waals surface area contributed by atoms with Crippen LogP contribution in [0.5, 0.6) is 0 Å². The number of nitrogens with two attached hydrogens (primary N) is 2. The number of carbonyl (C=O) groups excluding carboxylic acids is 2. The Labute approximate surface area is 132 Å². The van der Waals surface area contributed by atoms with E-state index in [-0.39, 0.29) is 17.1 Å². The third-order valence-corrected chi connectivity index (χ3v) is 3.16. The van der Waals surface area contributed by atoms with E-state index < -0.39 is 24.0 Å². The van der Waals surface area contributed by atoms with Crippen LogP contribution >= 0.6 is 23.5 Å². The van der Waals surface area contributed by atoms with E-state index >= 15 is 0 Å². The molecule has 117 valence electrons. The molecule has 0 spiro atoms. The van der Waals surface area contributed by atoms with Gasteiger partial charge in [-0.25, -0.2) is 0 Å². The largest absolute Gasteiger partial charge is 2.00 e. The SMILES string of the molecule is CSCC[C@@H](N)C(=O)[O-].CSCC[C@@H](N)C(=O)[O-].[Cu+2]. The Hall–Kier alpha value is 0.0795. The third kappa shape index (κ3) is 18.1. The van der Waals surface area contributed by atoms with Crippen molar-refractivity contribution in [2.45, 2.75) is 24.9 Å². The molecule has 0 amide bonds. The van der Waals surface area contributed by atoms with Gasteiger partial charge in [-0.1, -0.05) is 0 Å². The average Bonchev–Trinajstić information content (AvgIpc) is 2.33. The summed E-state index contributed by atoms with van der Waals surface area (Å²) in [6.07, 6.45) is 4.79. The van der Waals surface area contributed by atoms with Crippen molar-refractivity contribution in [3.05, 3.63) is 0 Å². The van der Waals surface area contributed by atoms with Crippen LogP contribution in [-0.4, -0.2) is 48.0 Å². The fourth-order valence-electron chi connectivity index (χ4n) is 0.725. The maximum atomic E-state index is 9.96. The summed E-state index contributed by atoms with van der Waals surface area (Å²) in [5, 5.41) is 19.9. The van der Waals surface area contributed by atoms with Gasteiger partial charge >= 0.3 is 17.1 Å². The predicted molar refractivity (Wildman–Crippen MR) is 72.0 cm³/mol. The number of aliphatic carboxylic acids is 2. The quantitative estimate of drug-likeness (QED) is 0.459. The smallest absolute Gasteiger partial charge is 0.548 e. The van der Waals surface area contributed by atoms with Gasteiger partial charge in [0.2, 0.25) is 0 Å². The molecule has 4 N–H and O–H groups in total. The van der Waals surface area contributed by atoms with Crippen molar-refractivity contribution < 1.29 is 36.9 Å². The summed E-state index contributed by atoms with van der Waals surface area (Å²) < 4.78 is 0. The molecule has 6 nitrogen and oxygen atoms in total. The van der Waals surface area contributed by atoms with Gasteiger partial charge in [0.25, 0.3) is 0 Å². The fraction of sp³-hybridized carbons (Fsp3) is 0.800. The van der Waals surface area contributed by atoms with Crippen molar-refractivity contribution >= 4 is 35.5 Å². The van der Waals surface area contributed by atoms with Crippen LogP contribution in [0.15, 0.2) is 0 Å². The Balaban J connectivity index is -0.000000256. The van der Waals surface area contributed by atoms with E-state index in [1.165, 1.54) is 0 Å². The maximum Gasteiger partial charge on any atom is 2.00 e. The van der Waals surface area contributed by atoms with Gasteiger partial charge in [-0.2, -0.15) is 23.5 Å². The molecule has 0 unspecified atom stereocenters. The van der Waals surface area contributed by atoms with Gasteiger partial charge < -0.3 is 31.3 Å². The summed E-state index contributed by atoms with van der Waals surface area (Å²) in [6, 6.07) is -1.59. The minimum Gasteiger partial charge on any atom is -0.548 e. The normalized spacial score (nSPS) is 12.4. The van der Waals surface area contributed by atoms with Crippen molar-refractivity contribution in [2.24, 2.45) is 11.5 Å². The monoisotopic (exact) mass is 359 g/mol. The first-order valence-electron chi connectivity index (χ1n) is 5.27. The van der Waals surface area contributed by atoms with Crippen molar-refractivity contribution in [2.75, 3.05) is 24.0 Å². The van der Waals surface area contributed by atoms with Gasteiger partial charge in [0.05, 0.1) is 11.9 Å². The van der Waals surface area contributed by atoms with Crippen LogP contribution in [0.2, 0.25) is 0 Å². The maximum absolute atomic E-state index is 9.96. The molecule has 0 heterocycles. The van der Waals surface area contributed by atoms with Crippen molar-refractivity contribution in [3.8, 4) is 0 Å². The van der Waals surface area contributed by atoms with Gasteiger partial charge in [0.1, 0.15) is 0 Å². The molecule has 0 saturated carbocycles. The number of carboxylic acids is 2. The molecule has 0 aromatic rings. The molecule has 0 aliphatic rings. The zero-order valence-electron chi connectivity index (χ0n) is 10.9. The molecule has 2 atom stereocenters. The van der Waals surface area contributed by atoms with Crippen LogP contribution < -0.4 is 21.7 Å². The first-order valence-corrected chi connectivity index (χ1v) is 8.06. The summed E-state index contributed by atoms with van der Waals surface area (Å²) in [7, 11) is 0. The van der Waals surface area contributed by atoms with Gasteiger partial charge in [-0.15, -0.1) is 0 Å². The Morgan fingerprint density at radius 3 is 1.37 bits per heavy atom. The Morgan fingerprint density at radius 1 is 0.947 bits per heavy atom. The molecule has 0 saturated heterocycles. The second-order valence-corrected chi connectivity index (χ2v) is 5.39. The second kappa shape index (κ2) is 16.1. The average molecular weight is 360 g/mol. The van der Waals surface area contributed by atoms with E-state index in [1.807, 2.05) is 12.5 Å². The van der Waals surface area contributed by atoms with E-state index in [0.29, 0.717) is 12.8 Å². The number of thioether (sulfide) groups is 2. The van der Waals surface area contributed by atoms with Crippen molar-refractivity contribution in [1.29, 1.82) is 0 Å². The van der Waals surface area contributed by atoms with E-state index in [1.54, 1.807) is 23.5 Å².